The first kappa shape index (κ1) is 23.0. The van der Waals surface area contributed by atoms with Crippen LogP contribution in [0.3, 0.4) is 0 Å². The van der Waals surface area contributed by atoms with Crippen molar-refractivity contribution in [2.75, 3.05) is 13.2 Å². The van der Waals surface area contributed by atoms with Crippen molar-refractivity contribution in [1.29, 1.82) is 0 Å². The minimum Gasteiger partial charge on any atom is -0.480 e. The van der Waals surface area contributed by atoms with Gasteiger partial charge >= 0.3 is 12.1 Å². The van der Waals surface area contributed by atoms with E-state index >= 15 is 0 Å². The van der Waals surface area contributed by atoms with Crippen molar-refractivity contribution in [2.24, 2.45) is 0 Å². The second-order valence-electron chi connectivity index (χ2n) is 8.94. The minimum atomic E-state index is -1.21. The summed E-state index contributed by atoms with van der Waals surface area (Å²) in [5, 5.41) is 12.8. The Morgan fingerprint density at radius 1 is 1.14 bits per heavy atom. The fourth-order valence-electron chi connectivity index (χ4n) is 4.93. The van der Waals surface area contributed by atoms with E-state index in [2.05, 4.69) is 34.6 Å². The van der Waals surface area contributed by atoms with Crippen LogP contribution in [0.1, 0.15) is 51.5 Å². The number of amides is 2. The third-order valence-corrected chi connectivity index (χ3v) is 7.82. The summed E-state index contributed by atoms with van der Waals surface area (Å²) in [6.07, 6.45) is 1.93. The molecule has 1 aliphatic carbocycles. The number of ether oxygens (including phenoxy) is 1. The molecule has 2 N–H and O–H groups in total. The number of aromatic nitrogens is 1. The average Bonchev–Trinajstić information content (AvgIpc) is 3.57. The number of carbonyl (C=O) groups excluding carboxylic acids is 2. The van der Waals surface area contributed by atoms with E-state index in [1.165, 1.54) is 11.1 Å². The summed E-state index contributed by atoms with van der Waals surface area (Å²) < 4.78 is 5.54. The van der Waals surface area contributed by atoms with Crippen LogP contribution < -0.4 is 5.32 Å². The van der Waals surface area contributed by atoms with Gasteiger partial charge in [-0.3, -0.25) is 4.79 Å². The summed E-state index contributed by atoms with van der Waals surface area (Å²) in [6, 6.07) is 16.3. The number of carboxylic acids is 1. The van der Waals surface area contributed by atoms with Gasteiger partial charge in [0.25, 0.3) is 5.91 Å². The fraction of sp³-hybridized carbons (Fsp3) is 0.308. The molecule has 0 radical (unpaired) electrons. The largest absolute Gasteiger partial charge is 0.480 e. The van der Waals surface area contributed by atoms with Gasteiger partial charge in [-0.25, -0.2) is 14.6 Å². The predicted molar refractivity (Wildman–Crippen MR) is 130 cm³/mol. The molecule has 2 heterocycles. The lowest BCUT2D eigenvalue weighted by Crippen LogP contribution is -2.50. The highest BCUT2D eigenvalue weighted by Crippen LogP contribution is 2.44. The van der Waals surface area contributed by atoms with E-state index in [1.807, 2.05) is 24.3 Å². The maximum absolute atomic E-state index is 12.9. The molecule has 180 valence electrons. The smallest absolute Gasteiger partial charge is 0.407 e. The van der Waals surface area contributed by atoms with Crippen LogP contribution in [-0.2, 0) is 16.1 Å². The zero-order valence-corrected chi connectivity index (χ0v) is 20.0. The molecular weight excluding hydrogens is 466 g/mol. The summed E-state index contributed by atoms with van der Waals surface area (Å²) in [4.78, 5) is 42.9. The van der Waals surface area contributed by atoms with E-state index < -0.39 is 17.6 Å². The number of nitrogens with zero attached hydrogens (tertiary/aromatic N) is 2. The van der Waals surface area contributed by atoms with Crippen LogP contribution in [0.15, 0.2) is 54.7 Å². The predicted octanol–water partition coefficient (Wildman–Crippen LogP) is 4.26. The van der Waals surface area contributed by atoms with E-state index in [-0.39, 0.29) is 25.0 Å². The maximum atomic E-state index is 12.9. The second kappa shape index (κ2) is 9.14. The number of fused-ring (bicyclic) bond motifs is 3. The number of nitrogens with one attached hydrogen (secondary N) is 1. The van der Waals surface area contributed by atoms with Gasteiger partial charge in [-0.1, -0.05) is 48.5 Å². The van der Waals surface area contributed by atoms with Gasteiger partial charge in [-0.2, -0.15) is 0 Å². The Bertz CT molecular complexity index is 1260. The molecule has 0 saturated carbocycles. The lowest BCUT2D eigenvalue weighted by molar-refractivity contribution is -0.147. The van der Waals surface area contributed by atoms with Crippen molar-refractivity contribution in [2.45, 2.75) is 37.8 Å². The van der Waals surface area contributed by atoms with Crippen LogP contribution in [0.4, 0.5) is 4.79 Å². The second-order valence-corrected chi connectivity index (χ2v) is 10.1. The number of benzene rings is 2. The third kappa shape index (κ3) is 4.16. The topological polar surface area (TPSA) is 109 Å². The van der Waals surface area contributed by atoms with E-state index in [0.29, 0.717) is 29.3 Å². The fourth-order valence-corrected chi connectivity index (χ4v) is 5.74. The number of alkyl carbamates (subject to hydrolysis) is 1. The molecule has 1 unspecified atom stereocenters. The molecule has 2 aliphatic rings. The van der Waals surface area contributed by atoms with Crippen molar-refractivity contribution in [1.82, 2.24) is 15.2 Å². The summed E-state index contributed by atoms with van der Waals surface area (Å²) in [7, 11) is 0. The summed E-state index contributed by atoms with van der Waals surface area (Å²) in [6.45, 7) is 2.29. The first-order chi connectivity index (χ1) is 16.9. The highest BCUT2D eigenvalue weighted by molar-refractivity contribution is 7.13. The van der Waals surface area contributed by atoms with Gasteiger partial charge in [0.1, 0.15) is 22.0 Å². The van der Waals surface area contributed by atoms with E-state index in [4.69, 9.17) is 4.74 Å². The van der Waals surface area contributed by atoms with Crippen molar-refractivity contribution in [3.63, 3.8) is 0 Å². The number of likely N-dealkylation sites (tertiary alicyclic amines) is 1. The number of rotatable bonds is 6. The van der Waals surface area contributed by atoms with E-state index in [0.717, 1.165) is 33.6 Å². The van der Waals surface area contributed by atoms with Gasteiger partial charge in [-0.15, -0.1) is 11.3 Å². The van der Waals surface area contributed by atoms with Crippen LogP contribution >= 0.6 is 11.3 Å². The molecular formula is C26H25N3O5S. The highest BCUT2D eigenvalue weighted by atomic mass is 32.1. The number of carboxylic acid groups (broad SMARTS) is 1. The molecule has 2 amide bonds. The zero-order valence-electron chi connectivity index (χ0n) is 19.2. The van der Waals surface area contributed by atoms with Crippen molar-refractivity contribution in [3.8, 4) is 11.1 Å². The monoisotopic (exact) mass is 491 g/mol. The summed E-state index contributed by atoms with van der Waals surface area (Å²) >= 11 is 1.14. The molecule has 2 aromatic carbocycles. The quantitative estimate of drug-likeness (QED) is 0.533. The Morgan fingerprint density at radius 2 is 1.80 bits per heavy atom. The Balaban J connectivity index is 1.18. The van der Waals surface area contributed by atoms with Crippen LogP contribution in [0.2, 0.25) is 0 Å². The van der Waals surface area contributed by atoms with Crippen molar-refractivity contribution < 1.29 is 24.2 Å². The van der Waals surface area contributed by atoms with Gasteiger partial charge in [0.05, 0.1) is 12.7 Å². The average molecular weight is 492 g/mol. The highest BCUT2D eigenvalue weighted by Gasteiger charge is 2.46. The van der Waals surface area contributed by atoms with Crippen molar-refractivity contribution in [3.05, 3.63) is 75.7 Å². The molecule has 5 rings (SSSR count). The Hall–Kier alpha value is -3.72. The molecule has 1 aromatic heterocycles. The van der Waals surface area contributed by atoms with Crippen molar-refractivity contribution >= 4 is 29.3 Å². The summed E-state index contributed by atoms with van der Waals surface area (Å²) in [5.41, 5.74) is 3.39. The molecule has 9 heteroatoms. The number of hydrogen-bond donors (Lipinski definition) is 2. The zero-order chi connectivity index (χ0) is 24.6. The first-order valence-electron chi connectivity index (χ1n) is 11.5. The van der Waals surface area contributed by atoms with Crippen LogP contribution in [0.25, 0.3) is 11.1 Å². The standard InChI is InChI=1S/C26H25N3O5S/c1-26(24(31)32)11-6-12-29(26)23(30)21-13-27-22(35-21)14-28-25(33)34-15-20-18-9-4-2-7-16(18)17-8-3-5-10-19(17)20/h2-5,7-10,13,20H,6,11-12,14-15H2,1H3,(H,28,33)(H,31,32). The maximum Gasteiger partial charge on any atom is 0.407 e. The van der Waals surface area contributed by atoms with Gasteiger partial charge in [0.15, 0.2) is 0 Å². The minimum absolute atomic E-state index is 0.0266. The van der Waals surface area contributed by atoms with Gasteiger partial charge in [-0.05, 0) is 42.0 Å². The lowest BCUT2D eigenvalue weighted by Gasteiger charge is -2.30. The number of hydrogen-bond acceptors (Lipinski definition) is 6. The molecule has 0 spiro atoms. The molecule has 8 nitrogen and oxygen atoms in total. The molecule has 1 saturated heterocycles. The first-order valence-corrected chi connectivity index (χ1v) is 12.3. The molecule has 3 aromatic rings. The molecule has 0 bridgehead atoms. The molecule has 35 heavy (non-hydrogen) atoms. The molecule has 1 atom stereocenters. The SMILES string of the molecule is CC1(C(=O)O)CCCN1C(=O)c1cnc(CNC(=O)OCC2c3ccccc3-c3ccccc32)s1. The summed E-state index contributed by atoms with van der Waals surface area (Å²) in [5.74, 6) is -1.39. The van der Waals surface area contributed by atoms with E-state index in [1.54, 1.807) is 6.92 Å². The van der Waals surface area contributed by atoms with Crippen LogP contribution in [0, 0.1) is 0 Å². The normalized spacial score (nSPS) is 18.7. The molecule has 1 fully saturated rings. The van der Waals surface area contributed by atoms with Crippen LogP contribution in [-0.4, -0.2) is 51.7 Å². The van der Waals surface area contributed by atoms with Gasteiger partial charge in [0.2, 0.25) is 0 Å². The molecule has 1 aliphatic heterocycles. The lowest BCUT2D eigenvalue weighted by atomic mass is 9.98. The van der Waals surface area contributed by atoms with E-state index in [9.17, 15) is 19.5 Å². The number of carbonyl (C=O) groups is 3. The number of aliphatic carboxylic acids is 1. The Kier molecular flexibility index (Phi) is 6.02. The van der Waals surface area contributed by atoms with Gasteiger partial charge in [0, 0.05) is 12.5 Å². The Morgan fingerprint density at radius 3 is 2.46 bits per heavy atom. The van der Waals surface area contributed by atoms with Crippen LogP contribution in [0.5, 0.6) is 0 Å². The number of thiazole rings is 1. The third-order valence-electron chi connectivity index (χ3n) is 6.84. The van der Waals surface area contributed by atoms with Gasteiger partial charge < -0.3 is 20.1 Å². The Labute approximate surface area is 206 Å².